The van der Waals surface area contributed by atoms with E-state index in [9.17, 15) is 13.2 Å². The van der Waals surface area contributed by atoms with Crippen molar-refractivity contribution in [1.29, 1.82) is 0 Å². The molecule has 1 fully saturated rings. The Hall–Kier alpha value is -3.09. The summed E-state index contributed by atoms with van der Waals surface area (Å²) in [7, 11) is 0. The number of rotatable bonds is 8. The van der Waals surface area contributed by atoms with Gasteiger partial charge in [0.25, 0.3) is 0 Å². The van der Waals surface area contributed by atoms with Crippen molar-refractivity contribution in [2.24, 2.45) is 5.92 Å². The molecule has 1 saturated heterocycles. The molecule has 4 rings (SSSR count). The summed E-state index contributed by atoms with van der Waals surface area (Å²) in [6.45, 7) is 7.04. The van der Waals surface area contributed by atoms with Crippen molar-refractivity contribution in [2.75, 3.05) is 19.8 Å². The van der Waals surface area contributed by atoms with Crippen molar-refractivity contribution in [3.8, 4) is 28.0 Å². The van der Waals surface area contributed by atoms with Gasteiger partial charge in [0.05, 0.1) is 19.8 Å². The summed E-state index contributed by atoms with van der Waals surface area (Å²) in [6, 6.07) is 14.4. The lowest BCUT2D eigenvalue weighted by molar-refractivity contribution is -0.205. The molecule has 0 radical (unpaired) electrons. The minimum atomic E-state index is -1.04. The van der Waals surface area contributed by atoms with Gasteiger partial charge in [-0.05, 0) is 42.2 Å². The van der Waals surface area contributed by atoms with Crippen LogP contribution in [0.25, 0.3) is 22.3 Å². The number of hydrogen-bond donors (Lipinski definition) is 0. The third kappa shape index (κ3) is 5.18. The van der Waals surface area contributed by atoms with E-state index in [1.54, 1.807) is 42.5 Å². The van der Waals surface area contributed by atoms with Crippen LogP contribution in [0.4, 0.5) is 13.2 Å². The van der Waals surface area contributed by atoms with Gasteiger partial charge >= 0.3 is 0 Å². The molecule has 1 aliphatic heterocycles. The van der Waals surface area contributed by atoms with E-state index in [4.69, 9.17) is 14.2 Å². The van der Waals surface area contributed by atoms with Gasteiger partial charge in [-0.15, -0.1) is 6.58 Å². The first-order valence-electron chi connectivity index (χ1n) is 11.4. The van der Waals surface area contributed by atoms with Crippen LogP contribution in [-0.2, 0) is 9.47 Å². The SMILES string of the molecule is C=CCCOc1ccc(-c2ccc(-c3ccc(C4OCC(CC)CO4)cc3F)cc2)c(F)c1F. The Balaban J connectivity index is 1.51. The molecular weight excluding hydrogens is 441 g/mol. The fraction of sp³-hybridized carbons (Fsp3) is 0.286. The van der Waals surface area contributed by atoms with Crippen molar-refractivity contribution in [3.63, 3.8) is 0 Å². The topological polar surface area (TPSA) is 27.7 Å². The lowest BCUT2D eigenvalue weighted by atomic mass is 9.98. The average Bonchev–Trinajstić information content (AvgIpc) is 2.87. The van der Waals surface area contributed by atoms with Crippen LogP contribution in [0.2, 0.25) is 0 Å². The first-order chi connectivity index (χ1) is 16.5. The van der Waals surface area contributed by atoms with Crippen LogP contribution < -0.4 is 4.74 Å². The quantitative estimate of drug-likeness (QED) is 0.254. The Morgan fingerprint density at radius 1 is 0.912 bits per heavy atom. The molecule has 0 unspecified atom stereocenters. The third-order valence-corrected chi connectivity index (χ3v) is 5.94. The number of ether oxygens (including phenoxy) is 3. The largest absolute Gasteiger partial charge is 0.490 e. The second-order valence-corrected chi connectivity index (χ2v) is 8.25. The first kappa shape index (κ1) is 24.0. The second kappa shape index (κ2) is 10.9. The van der Waals surface area contributed by atoms with E-state index >= 15 is 0 Å². The molecule has 1 aliphatic rings. The molecule has 0 amide bonds. The maximum atomic E-state index is 14.9. The predicted molar refractivity (Wildman–Crippen MR) is 126 cm³/mol. The van der Waals surface area contributed by atoms with Gasteiger partial charge in [-0.1, -0.05) is 49.4 Å². The molecule has 34 heavy (non-hydrogen) atoms. The van der Waals surface area contributed by atoms with Crippen molar-refractivity contribution in [3.05, 3.63) is 90.3 Å². The van der Waals surface area contributed by atoms with E-state index < -0.39 is 23.7 Å². The van der Waals surface area contributed by atoms with Gasteiger partial charge in [0, 0.05) is 22.6 Å². The molecule has 3 nitrogen and oxygen atoms in total. The normalized spacial score (nSPS) is 18.0. The lowest BCUT2D eigenvalue weighted by Gasteiger charge is -2.29. The second-order valence-electron chi connectivity index (χ2n) is 8.25. The molecule has 6 heteroatoms. The Morgan fingerprint density at radius 2 is 1.56 bits per heavy atom. The summed E-state index contributed by atoms with van der Waals surface area (Å²) in [4.78, 5) is 0. The Bertz CT molecular complexity index is 1140. The monoisotopic (exact) mass is 468 g/mol. The Morgan fingerprint density at radius 3 is 2.18 bits per heavy atom. The highest BCUT2D eigenvalue weighted by atomic mass is 19.2. The molecule has 3 aromatic carbocycles. The van der Waals surface area contributed by atoms with Crippen molar-refractivity contribution in [1.82, 2.24) is 0 Å². The highest BCUT2D eigenvalue weighted by molar-refractivity contribution is 5.71. The molecule has 0 aliphatic carbocycles. The predicted octanol–water partition coefficient (Wildman–Crippen LogP) is 7.46. The summed E-state index contributed by atoms with van der Waals surface area (Å²) >= 11 is 0. The maximum Gasteiger partial charge on any atom is 0.201 e. The molecule has 0 atom stereocenters. The molecule has 3 aromatic rings. The molecule has 0 spiro atoms. The van der Waals surface area contributed by atoms with Gasteiger partial charge in [-0.25, -0.2) is 8.78 Å². The lowest BCUT2D eigenvalue weighted by Crippen LogP contribution is -2.26. The minimum Gasteiger partial charge on any atom is -0.490 e. The standard InChI is InChI=1S/C28H27F3O3/c1-3-5-14-32-25-13-12-23(26(30)27(25)31)20-8-6-19(7-9-20)22-11-10-21(15-24(22)29)28-33-16-18(4-2)17-34-28/h3,6-13,15,18,28H,1,4-5,14,16-17H2,2H3. The van der Waals surface area contributed by atoms with Crippen molar-refractivity contribution < 1.29 is 27.4 Å². The first-order valence-corrected chi connectivity index (χ1v) is 11.4. The van der Waals surface area contributed by atoms with Gasteiger partial charge < -0.3 is 14.2 Å². The van der Waals surface area contributed by atoms with Crippen LogP contribution in [0.15, 0.2) is 67.3 Å². The smallest absolute Gasteiger partial charge is 0.201 e. The summed E-state index contributed by atoms with van der Waals surface area (Å²) in [5.74, 6) is -2.22. The molecule has 178 valence electrons. The zero-order valence-electron chi connectivity index (χ0n) is 19.0. The highest BCUT2D eigenvalue weighted by Crippen LogP contribution is 2.33. The zero-order chi connectivity index (χ0) is 24.1. The average molecular weight is 469 g/mol. The molecule has 0 saturated carbocycles. The van der Waals surface area contributed by atoms with Gasteiger partial charge in [0.15, 0.2) is 17.9 Å². The molecule has 1 heterocycles. The van der Waals surface area contributed by atoms with E-state index in [1.165, 1.54) is 18.2 Å². The maximum absolute atomic E-state index is 14.9. The number of benzene rings is 3. The van der Waals surface area contributed by atoms with Crippen LogP contribution >= 0.6 is 0 Å². The van der Waals surface area contributed by atoms with Crippen molar-refractivity contribution >= 4 is 0 Å². The number of hydrogen-bond acceptors (Lipinski definition) is 3. The van der Waals surface area contributed by atoms with Crippen molar-refractivity contribution in [2.45, 2.75) is 26.1 Å². The van der Waals surface area contributed by atoms with Gasteiger partial charge in [-0.2, -0.15) is 4.39 Å². The molecule has 0 aromatic heterocycles. The minimum absolute atomic E-state index is 0.105. The summed E-state index contributed by atoms with van der Waals surface area (Å²) in [5.41, 5.74) is 2.22. The zero-order valence-corrected chi connectivity index (χ0v) is 19.0. The van der Waals surface area contributed by atoms with E-state index in [1.807, 2.05) is 0 Å². The van der Waals surface area contributed by atoms with Crippen LogP contribution in [0, 0.1) is 23.4 Å². The highest BCUT2D eigenvalue weighted by Gasteiger charge is 2.23. The van der Waals surface area contributed by atoms with Crippen LogP contribution in [0.1, 0.15) is 31.6 Å². The van der Waals surface area contributed by atoms with E-state index in [0.29, 0.717) is 47.8 Å². The van der Waals surface area contributed by atoms with E-state index in [2.05, 4.69) is 13.5 Å². The fourth-order valence-electron chi connectivity index (χ4n) is 3.83. The van der Waals surface area contributed by atoms with Gasteiger partial charge in [-0.3, -0.25) is 0 Å². The van der Waals surface area contributed by atoms with Crippen LogP contribution in [-0.4, -0.2) is 19.8 Å². The van der Waals surface area contributed by atoms with Crippen LogP contribution in [0.3, 0.4) is 0 Å². The van der Waals surface area contributed by atoms with Gasteiger partial charge in [0.1, 0.15) is 5.82 Å². The Labute approximate surface area is 197 Å². The van der Waals surface area contributed by atoms with E-state index in [0.717, 1.165) is 6.42 Å². The third-order valence-electron chi connectivity index (χ3n) is 5.94. The fourth-order valence-corrected chi connectivity index (χ4v) is 3.83. The summed E-state index contributed by atoms with van der Waals surface area (Å²) < 4.78 is 60.7. The van der Waals surface area contributed by atoms with E-state index in [-0.39, 0.29) is 17.9 Å². The summed E-state index contributed by atoms with van der Waals surface area (Å²) in [6.07, 6.45) is 2.57. The summed E-state index contributed by atoms with van der Waals surface area (Å²) in [5, 5.41) is 0. The van der Waals surface area contributed by atoms with Gasteiger partial charge in [0.2, 0.25) is 5.82 Å². The molecule has 0 bridgehead atoms. The Kier molecular flexibility index (Phi) is 7.70. The molecular formula is C28H27F3O3. The molecule has 0 N–H and O–H groups in total. The van der Waals surface area contributed by atoms with Crippen LogP contribution in [0.5, 0.6) is 5.75 Å². The number of halogens is 3.